The van der Waals surface area contributed by atoms with Crippen LogP contribution in [0.4, 0.5) is 0 Å². The largest absolute Gasteiger partial charge is 0.327 e. The Morgan fingerprint density at radius 1 is 1.22 bits per heavy atom. The first-order chi connectivity index (χ1) is 8.20. The maximum absolute atomic E-state index is 6.22. The summed E-state index contributed by atoms with van der Waals surface area (Å²) in [4.78, 5) is 0. The van der Waals surface area contributed by atoms with Gasteiger partial charge in [-0.05, 0) is 47.9 Å². The fraction of sp³-hybridized carbons (Fsp3) is 0.600. The van der Waals surface area contributed by atoms with E-state index >= 15 is 0 Å². The summed E-state index contributed by atoms with van der Waals surface area (Å²) < 4.78 is 0. The zero-order valence-electron chi connectivity index (χ0n) is 11.6. The van der Waals surface area contributed by atoms with Crippen molar-refractivity contribution in [2.75, 3.05) is 0 Å². The van der Waals surface area contributed by atoms with Crippen LogP contribution < -0.4 is 5.73 Å². The second-order valence-corrected chi connectivity index (χ2v) is 7.05. The molecule has 1 aromatic carbocycles. The van der Waals surface area contributed by atoms with E-state index in [0.29, 0.717) is 10.9 Å². The van der Waals surface area contributed by atoms with Crippen LogP contribution in [0.15, 0.2) is 18.2 Å². The van der Waals surface area contributed by atoms with Crippen molar-refractivity contribution >= 4 is 23.2 Å². The summed E-state index contributed by atoms with van der Waals surface area (Å²) in [6.07, 6.45) is 1.77. The minimum Gasteiger partial charge on any atom is -0.327 e. The molecule has 0 aliphatic heterocycles. The highest BCUT2D eigenvalue weighted by molar-refractivity contribution is 6.33. The lowest BCUT2D eigenvalue weighted by Gasteiger charge is -2.29. The molecule has 0 fully saturated rings. The molecule has 0 radical (unpaired) electrons. The molecule has 102 valence electrons. The second kappa shape index (κ2) is 6.27. The van der Waals surface area contributed by atoms with E-state index in [4.69, 9.17) is 28.9 Å². The first-order valence-electron chi connectivity index (χ1n) is 6.39. The van der Waals surface area contributed by atoms with Crippen LogP contribution in [0, 0.1) is 11.3 Å². The maximum Gasteiger partial charge on any atom is 0.0439 e. The van der Waals surface area contributed by atoms with E-state index in [2.05, 4.69) is 27.7 Å². The Kier molecular flexibility index (Phi) is 5.51. The minimum absolute atomic E-state index is 0.121. The van der Waals surface area contributed by atoms with Crippen molar-refractivity contribution in [2.24, 2.45) is 17.1 Å². The van der Waals surface area contributed by atoms with Crippen LogP contribution in [0.3, 0.4) is 0 Å². The Balaban J connectivity index is 2.65. The number of rotatable bonds is 4. The lowest BCUT2D eigenvalue weighted by Crippen LogP contribution is -2.30. The highest BCUT2D eigenvalue weighted by atomic mass is 35.5. The summed E-state index contributed by atoms with van der Waals surface area (Å²) >= 11 is 12.1. The topological polar surface area (TPSA) is 26.0 Å². The summed E-state index contributed by atoms with van der Waals surface area (Å²) in [5, 5.41) is 1.46. The first kappa shape index (κ1) is 15.8. The van der Waals surface area contributed by atoms with Crippen LogP contribution in [0.2, 0.25) is 10.0 Å². The molecule has 2 unspecified atom stereocenters. The smallest absolute Gasteiger partial charge is 0.0439 e. The van der Waals surface area contributed by atoms with Gasteiger partial charge in [-0.2, -0.15) is 0 Å². The zero-order valence-corrected chi connectivity index (χ0v) is 13.1. The van der Waals surface area contributed by atoms with Crippen molar-refractivity contribution in [1.29, 1.82) is 0 Å². The number of hydrogen-bond acceptors (Lipinski definition) is 1. The van der Waals surface area contributed by atoms with Gasteiger partial charge in [-0.1, -0.05) is 50.9 Å². The SMILES string of the molecule is CC(CC(N)Cc1cc(Cl)ccc1Cl)C(C)(C)C. The highest BCUT2D eigenvalue weighted by Crippen LogP contribution is 2.30. The van der Waals surface area contributed by atoms with Crippen molar-refractivity contribution in [1.82, 2.24) is 0 Å². The van der Waals surface area contributed by atoms with E-state index in [-0.39, 0.29) is 11.5 Å². The normalized spacial score (nSPS) is 15.5. The van der Waals surface area contributed by atoms with Crippen LogP contribution in [-0.4, -0.2) is 6.04 Å². The van der Waals surface area contributed by atoms with E-state index in [0.717, 1.165) is 23.4 Å². The summed E-state index contributed by atoms with van der Waals surface area (Å²) in [5.74, 6) is 0.574. The quantitative estimate of drug-likeness (QED) is 0.834. The Morgan fingerprint density at radius 3 is 2.39 bits per heavy atom. The summed E-state index contributed by atoms with van der Waals surface area (Å²) in [6.45, 7) is 8.99. The minimum atomic E-state index is 0.121. The lowest BCUT2D eigenvalue weighted by atomic mass is 9.78. The van der Waals surface area contributed by atoms with Gasteiger partial charge in [-0.15, -0.1) is 0 Å². The van der Waals surface area contributed by atoms with Gasteiger partial charge in [0.25, 0.3) is 0 Å². The predicted molar refractivity (Wildman–Crippen MR) is 81.4 cm³/mol. The molecule has 0 heterocycles. The van der Waals surface area contributed by atoms with Crippen molar-refractivity contribution < 1.29 is 0 Å². The standard InChI is InChI=1S/C15H23Cl2N/c1-10(15(2,3)4)7-13(18)9-11-8-12(16)5-6-14(11)17/h5-6,8,10,13H,7,9,18H2,1-4H3. The van der Waals surface area contributed by atoms with Gasteiger partial charge >= 0.3 is 0 Å². The third-order valence-corrected chi connectivity index (χ3v) is 4.23. The zero-order chi connectivity index (χ0) is 13.9. The van der Waals surface area contributed by atoms with Gasteiger partial charge in [-0.25, -0.2) is 0 Å². The molecular weight excluding hydrogens is 265 g/mol. The molecule has 0 saturated heterocycles. The van der Waals surface area contributed by atoms with Gasteiger partial charge in [0, 0.05) is 16.1 Å². The predicted octanol–water partition coefficient (Wildman–Crippen LogP) is 4.94. The van der Waals surface area contributed by atoms with Gasteiger partial charge in [-0.3, -0.25) is 0 Å². The Morgan fingerprint density at radius 2 is 1.83 bits per heavy atom. The fourth-order valence-corrected chi connectivity index (χ4v) is 2.26. The molecule has 0 spiro atoms. The van der Waals surface area contributed by atoms with Gasteiger partial charge in [0.2, 0.25) is 0 Å². The van der Waals surface area contributed by atoms with Crippen LogP contribution in [0.25, 0.3) is 0 Å². The summed E-state index contributed by atoms with van der Waals surface area (Å²) in [7, 11) is 0. The molecule has 2 N–H and O–H groups in total. The van der Waals surface area contributed by atoms with Crippen LogP contribution in [0.1, 0.15) is 39.7 Å². The van der Waals surface area contributed by atoms with Crippen LogP contribution in [-0.2, 0) is 6.42 Å². The molecular formula is C15H23Cl2N. The molecule has 0 saturated carbocycles. The molecule has 3 heteroatoms. The Bertz CT molecular complexity index is 396. The Labute approximate surface area is 121 Å². The van der Waals surface area contributed by atoms with Gasteiger partial charge < -0.3 is 5.73 Å². The molecule has 0 aromatic heterocycles. The van der Waals surface area contributed by atoms with Gasteiger partial charge in [0.15, 0.2) is 0 Å². The highest BCUT2D eigenvalue weighted by Gasteiger charge is 2.22. The molecule has 0 bridgehead atoms. The molecule has 0 amide bonds. The van der Waals surface area contributed by atoms with Crippen molar-refractivity contribution in [3.05, 3.63) is 33.8 Å². The molecule has 0 aliphatic rings. The first-order valence-corrected chi connectivity index (χ1v) is 7.15. The molecule has 1 nitrogen and oxygen atoms in total. The maximum atomic E-state index is 6.22. The molecule has 0 aliphatic carbocycles. The monoisotopic (exact) mass is 287 g/mol. The molecule has 1 rings (SSSR count). The van der Waals surface area contributed by atoms with E-state index in [1.54, 1.807) is 6.07 Å². The van der Waals surface area contributed by atoms with E-state index in [1.807, 2.05) is 12.1 Å². The van der Waals surface area contributed by atoms with Crippen molar-refractivity contribution in [3.8, 4) is 0 Å². The van der Waals surface area contributed by atoms with Gasteiger partial charge in [0.1, 0.15) is 0 Å². The van der Waals surface area contributed by atoms with E-state index < -0.39 is 0 Å². The molecule has 18 heavy (non-hydrogen) atoms. The third kappa shape index (κ3) is 4.79. The van der Waals surface area contributed by atoms with E-state index in [1.165, 1.54) is 0 Å². The Hall–Kier alpha value is -0.240. The number of benzene rings is 1. The molecule has 2 atom stereocenters. The van der Waals surface area contributed by atoms with Crippen molar-refractivity contribution in [2.45, 2.75) is 46.6 Å². The molecule has 1 aromatic rings. The lowest BCUT2D eigenvalue weighted by molar-refractivity contribution is 0.233. The fourth-order valence-electron chi connectivity index (χ4n) is 1.87. The summed E-state index contributed by atoms with van der Waals surface area (Å²) in [5.41, 5.74) is 7.55. The second-order valence-electron chi connectivity index (χ2n) is 6.20. The van der Waals surface area contributed by atoms with Gasteiger partial charge in [0.05, 0.1) is 0 Å². The third-order valence-electron chi connectivity index (χ3n) is 3.62. The number of halogens is 2. The van der Waals surface area contributed by atoms with E-state index in [9.17, 15) is 0 Å². The number of hydrogen-bond donors (Lipinski definition) is 1. The number of nitrogens with two attached hydrogens (primary N) is 1. The van der Waals surface area contributed by atoms with Crippen LogP contribution >= 0.6 is 23.2 Å². The van der Waals surface area contributed by atoms with Crippen LogP contribution in [0.5, 0.6) is 0 Å². The van der Waals surface area contributed by atoms with Crippen molar-refractivity contribution in [3.63, 3.8) is 0 Å². The summed E-state index contributed by atoms with van der Waals surface area (Å²) in [6, 6.07) is 5.66. The average Bonchev–Trinajstić information content (AvgIpc) is 2.22. The average molecular weight is 288 g/mol.